The Morgan fingerprint density at radius 1 is 1.10 bits per heavy atom. The second-order valence-corrected chi connectivity index (χ2v) is 5.76. The van der Waals surface area contributed by atoms with Crippen molar-refractivity contribution >= 4 is 11.0 Å². The molecule has 4 heteroatoms. The van der Waals surface area contributed by atoms with Gasteiger partial charge in [-0.3, -0.25) is 4.98 Å². The molecule has 1 aromatic heterocycles. The highest BCUT2D eigenvalue weighted by molar-refractivity contribution is 5.79. The molecule has 1 aliphatic carbocycles. The van der Waals surface area contributed by atoms with E-state index >= 15 is 0 Å². The molecule has 1 radical (unpaired) electrons. The molecular formula is C17H21N2O2. The van der Waals surface area contributed by atoms with Gasteiger partial charge in [0.2, 0.25) is 0 Å². The van der Waals surface area contributed by atoms with Gasteiger partial charge in [0.25, 0.3) is 0 Å². The zero-order chi connectivity index (χ0) is 14.8. The minimum atomic E-state index is 0.686. The van der Waals surface area contributed by atoms with Gasteiger partial charge < -0.3 is 9.47 Å². The summed E-state index contributed by atoms with van der Waals surface area (Å²) < 4.78 is 10.7. The van der Waals surface area contributed by atoms with Crippen LogP contribution in [0.15, 0.2) is 18.3 Å². The summed E-state index contributed by atoms with van der Waals surface area (Å²) in [6, 6.07) is 3.77. The maximum atomic E-state index is 5.35. The van der Waals surface area contributed by atoms with Crippen LogP contribution in [0, 0.1) is 11.8 Å². The minimum absolute atomic E-state index is 0.686. The van der Waals surface area contributed by atoms with E-state index in [0.29, 0.717) is 11.5 Å². The average Bonchev–Trinajstić information content (AvgIpc) is 2.53. The van der Waals surface area contributed by atoms with Crippen molar-refractivity contribution < 1.29 is 9.47 Å². The summed E-state index contributed by atoms with van der Waals surface area (Å²) in [5.74, 6) is 3.55. The van der Waals surface area contributed by atoms with E-state index in [-0.39, 0.29) is 0 Å². The van der Waals surface area contributed by atoms with Gasteiger partial charge in [-0.05, 0) is 18.8 Å². The molecule has 0 unspecified atom stereocenters. The Morgan fingerprint density at radius 2 is 1.81 bits per heavy atom. The van der Waals surface area contributed by atoms with Crippen molar-refractivity contribution in [1.82, 2.24) is 9.97 Å². The Labute approximate surface area is 125 Å². The Morgan fingerprint density at radius 3 is 2.48 bits per heavy atom. The van der Waals surface area contributed by atoms with Crippen LogP contribution in [0.1, 0.15) is 38.3 Å². The molecule has 1 saturated carbocycles. The lowest BCUT2D eigenvalue weighted by atomic mass is 9.81. The smallest absolute Gasteiger partial charge is 0.163 e. The van der Waals surface area contributed by atoms with Crippen LogP contribution in [0.2, 0.25) is 0 Å². The van der Waals surface area contributed by atoms with Crippen LogP contribution in [0.5, 0.6) is 11.5 Å². The van der Waals surface area contributed by atoms with Crippen molar-refractivity contribution in [1.29, 1.82) is 0 Å². The summed E-state index contributed by atoms with van der Waals surface area (Å²) in [6.45, 7) is 2.31. The largest absolute Gasteiger partial charge is 0.493 e. The van der Waals surface area contributed by atoms with Crippen molar-refractivity contribution in [2.75, 3.05) is 14.2 Å². The third-order valence-electron chi connectivity index (χ3n) is 4.18. The molecule has 1 aliphatic rings. The molecule has 0 spiro atoms. The fourth-order valence-corrected chi connectivity index (χ4v) is 3.03. The van der Waals surface area contributed by atoms with E-state index in [1.807, 2.05) is 18.3 Å². The first kappa shape index (κ1) is 14.1. The quantitative estimate of drug-likeness (QED) is 0.861. The SMILES string of the molecule is COc1cc2ncc([C]3CCC[C@@H](C)C3)nc2cc1OC. The summed E-state index contributed by atoms with van der Waals surface area (Å²) >= 11 is 0. The highest BCUT2D eigenvalue weighted by Crippen LogP contribution is 2.35. The van der Waals surface area contributed by atoms with Gasteiger partial charge in [0.15, 0.2) is 11.5 Å². The number of hydrogen-bond donors (Lipinski definition) is 0. The maximum absolute atomic E-state index is 5.35. The lowest BCUT2D eigenvalue weighted by molar-refractivity contribution is 0.355. The zero-order valence-corrected chi connectivity index (χ0v) is 12.8. The summed E-state index contributed by atoms with van der Waals surface area (Å²) in [7, 11) is 3.27. The van der Waals surface area contributed by atoms with Gasteiger partial charge in [0, 0.05) is 24.2 Å². The van der Waals surface area contributed by atoms with Crippen LogP contribution in [-0.2, 0) is 0 Å². The first-order chi connectivity index (χ1) is 10.2. The Balaban J connectivity index is 1.99. The first-order valence-corrected chi connectivity index (χ1v) is 7.45. The van der Waals surface area contributed by atoms with Crippen molar-refractivity contribution in [3.05, 3.63) is 29.9 Å². The number of methoxy groups -OCH3 is 2. The second kappa shape index (κ2) is 5.88. The molecule has 0 saturated heterocycles. The number of ether oxygens (including phenoxy) is 2. The summed E-state index contributed by atoms with van der Waals surface area (Å²) in [5, 5.41) is 0. The molecule has 111 valence electrons. The number of nitrogens with zero attached hydrogens (tertiary/aromatic N) is 2. The summed E-state index contributed by atoms with van der Waals surface area (Å²) in [4.78, 5) is 9.33. The van der Waals surface area contributed by atoms with Gasteiger partial charge in [-0.15, -0.1) is 0 Å². The fourth-order valence-electron chi connectivity index (χ4n) is 3.03. The van der Waals surface area contributed by atoms with E-state index in [1.165, 1.54) is 18.8 Å². The Bertz CT molecular complexity index is 642. The highest BCUT2D eigenvalue weighted by atomic mass is 16.5. The second-order valence-electron chi connectivity index (χ2n) is 5.76. The predicted molar refractivity (Wildman–Crippen MR) is 82.6 cm³/mol. The molecule has 0 bridgehead atoms. The normalized spacial score (nSPS) is 19.7. The summed E-state index contributed by atoms with van der Waals surface area (Å²) in [5.41, 5.74) is 2.72. The molecule has 2 aromatic rings. The molecule has 4 nitrogen and oxygen atoms in total. The van der Waals surface area contributed by atoms with E-state index in [1.54, 1.807) is 14.2 Å². The van der Waals surface area contributed by atoms with Gasteiger partial charge in [-0.25, -0.2) is 4.98 Å². The molecule has 0 aliphatic heterocycles. The molecular weight excluding hydrogens is 264 g/mol. The van der Waals surface area contributed by atoms with Crippen LogP contribution in [-0.4, -0.2) is 24.2 Å². The topological polar surface area (TPSA) is 44.2 Å². The maximum Gasteiger partial charge on any atom is 0.163 e. The number of rotatable bonds is 3. The number of fused-ring (bicyclic) bond motifs is 1. The minimum Gasteiger partial charge on any atom is -0.493 e. The number of benzene rings is 1. The zero-order valence-electron chi connectivity index (χ0n) is 12.8. The van der Waals surface area contributed by atoms with E-state index in [9.17, 15) is 0 Å². The summed E-state index contributed by atoms with van der Waals surface area (Å²) in [6.07, 6.45) is 6.73. The fraction of sp³-hybridized carbons (Fsp3) is 0.471. The lowest BCUT2D eigenvalue weighted by Crippen LogP contribution is -2.14. The van der Waals surface area contributed by atoms with Crippen molar-refractivity contribution in [2.45, 2.75) is 32.6 Å². The van der Waals surface area contributed by atoms with Crippen LogP contribution in [0.25, 0.3) is 11.0 Å². The van der Waals surface area contributed by atoms with Crippen molar-refractivity contribution in [3.8, 4) is 11.5 Å². The molecule has 0 amide bonds. The van der Waals surface area contributed by atoms with E-state index < -0.39 is 0 Å². The Kier molecular flexibility index (Phi) is 3.95. The van der Waals surface area contributed by atoms with Crippen molar-refractivity contribution in [2.24, 2.45) is 5.92 Å². The van der Waals surface area contributed by atoms with Gasteiger partial charge in [-0.1, -0.05) is 19.8 Å². The number of aromatic nitrogens is 2. The third-order valence-corrected chi connectivity index (χ3v) is 4.18. The lowest BCUT2D eigenvalue weighted by Gasteiger charge is -2.25. The van der Waals surface area contributed by atoms with Crippen LogP contribution >= 0.6 is 0 Å². The molecule has 1 heterocycles. The average molecular weight is 285 g/mol. The third kappa shape index (κ3) is 2.80. The van der Waals surface area contributed by atoms with Gasteiger partial charge in [0.1, 0.15) is 0 Å². The molecule has 21 heavy (non-hydrogen) atoms. The number of hydrogen-bond acceptors (Lipinski definition) is 4. The van der Waals surface area contributed by atoms with Crippen LogP contribution in [0.4, 0.5) is 0 Å². The van der Waals surface area contributed by atoms with Crippen LogP contribution < -0.4 is 9.47 Å². The van der Waals surface area contributed by atoms with Crippen molar-refractivity contribution in [3.63, 3.8) is 0 Å². The van der Waals surface area contributed by atoms with Gasteiger partial charge >= 0.3 is 0 Å². The van der Waals surface area contributed by atoms with E-state index in [2.05, 4.69) is 11.9 Å². The molecule has 1 atom stereocenters. The van der Waals surface area contributed by atoms with E-state index in [0.717, 1.165) is 35.5 Å². The molecule has 0 N–H and O–H groups in total. The first-order valence-electron chi connectivity index (χ1n) is 7.45. The molecule has 3 rings (SSSR count). The molecule has 1 fully saturated rings. The van der Waals surface area contributed by atoms with Gasteiger partial charge in [0.05, 0.1) is 30.9 Å². The monoisotopic (exact) mass is 285 g/mol. The highest BCUT2D eigenvalue weighted by Gasteiger charge is 2.22. The van der Waals surface area contributed by atoms with E-state index in [4.69, 9.17) is 14.5 Å². The molecule has 1 aromatic carbocycles. The predicted octanol–water partition coefficient (Wildman–Crippen LogP) is 3.78. The Hall–Kier alpha value is -1.84. The standard InChI is InChI=1S/C17H21N2O2/c1-11-5-4-6-12(7-11)15-10-18-13-8-16(20-2)17(21-3)9-14(13)19-15/h8-11H,4-7H2,1-3H3/t11-/m1/s1. The van der Waals surface area contributed by atoms with Gasteiger partial charge in [-0.2, -0.15) is 0 Å². The van der Waals surface area contributed by atoms with Crippen LogP contribution in [0.3, 0.4) is 0 Å².